The van der Waals surface area contributed by atoms with Crippen molar-refractivity contribution in [1.82, 2.24) is 0 Å². The van der Waals surface area contributed by atoms with Crippen molar-refractivity contribution in [3.8, 4) is 0 Å². The Balaban J connectivity index is 0.000000843. The van der Waals surface area contributed by atoms with Gasteiger partial charge in [-0.1, -0.05) is 67.3 Å². The van der Waals surface area contributed by atoms with Crippen LogP contribution in [0.1, 0.15) is 89.9 Å². The molecule has 6 nitrogen and oxygen atoms in total. The first kappa shape index (κ1) is 32.7. The van der Waals surface area contributed by atoms with Gasteiger partial charge >= 0.3 is 11.2 Å². The molecule has 0 heterocycles. The fourth-order valence-electron chi connectivity index (χ4n) is 3.41. The molecule has 1 aliphatic carbocycles. The number of esters is 1. The molecule has 1 aliphatic rings. The Morgan fingerprint density at radius 1 is 1.03 bits per heavy atom. The molecule has 1 fully saturated rings. The molecule has 196 valence electrons. The minimum absolute atomic E-state index is 0.309. The van der Waals surface area contributed by atoms with E-state index in [-0.39, 0.29) is 6.61 Å². The number of rotatable bonds is 15. The quantitative estimate of drug-likeness (QED) is 0.0851. The van der Waals surface area contributed by atoms with Crippen LogP contribution in [0.2, 0.25) is 0 Å². The third kappa shape index (κ3) is 14.7. The zero-order chi connectivity index (χ0) is 25.3. The number of ether oxygens (including phenoxy) is 1. The van der Waals surface area contributed by atoms with E-state index in [4.69, 9.17) is 0 Å². The predicted octanol–water partition coefficient (Wildman–Crippen LogP) is 5.34. The fraction of sp³-hybridized carbons (Fsp3) is 0.909. The van der Waals surface area contributed by atoms with Crippen LogP contribution in [-0.2, 0) is 35.3 Å². The largest absolute Gasteiger partial charge is 0.743 e. The smallest absolute Gasteiger partial charge is 0.428 e. The van der Waals surface area contributed by atoms with E-state index >= 15 is 0 Å². The van der Waals surface area contributed by atoms with Crippen molar-refractivity contribution in [3.63, 3.8) is 0 Å². The van der Waals surface area contributed by atoms with E-state index in [9.17, 15) is 31.3 Å². The molecule has 0 aromatic rings. The molecular weight excluding hydrogens is 542 g/mol. The summed E-state index contributed by atoms with van der Waals surface area (Å²) in [6, 6.07) is 0. The number of hydrogen-bond acceptors (Lipinski definition) is 6. The molecule has 1 atom stereocenters. The summed E-state index contributed by atoms with van der Waals surface area (Å²) >= 11 is 3.38. The van der Waals surface area contributed by atoms with Gasteiger partial charge in [0.25, 0.3) is 0 Å². The first-order valence-corrected chi connectivity index (χ1v) is 16.2. The Bertz CT molecular complexity index is 659. The summed E-state index contributed by atoms with van der Waals surface area (Å²) in [6.07, 6.45) is 18.9. The second kappa shape index (κ2) is 18.1. The van der Waals surface area contributed by atoms with Gasteiger partial charge < -0.3 is 9.29 Å². The summed E-state index contributed by atoms with van der Waals surface area (Å²) in [6.45, 7) is -0.309. The van der Waals surface area contributed by atoms with Crippen LogP contribution in [0.5, 0.6) is 0 Å². The second-order valence-corrected chi connectivity index (χ2v) is 13.0. The lowest BCUT2D eigenvalue weighted by Gasteiger charge is -2.17. The van der Waals surface area contributed by atoms with Crippen LogP contribution in [0.4, 0.5) is 8.78 Å². The van der Waals surface area contributed by atoms with E-state index in [2.05, 4.69) is 33.2 Å². The van der Waals surface area contributed by atoms with Gasteiger partial charge in [0, 0.05) is 18.2 Å². The highest BCUT2D eigenvalue weighted by Crippen LogP contribution is 2.22. The highest BCUT2D eigenvalue weighted by atomic mass is 79.9. The molecule has 1 unspecified atom stereocenters. The first-order chi connectivity index (χ1) is 15.4. The first-order valence-electron chi connectivity index (χ1n) is 11.6. The Morgan fingerprint density at radius 3 is 1.91 bits per heavy atom. The number of hydrogen-bond donors (Lipinski definition) is 0. The summed E-state index contributed by atoms with van der Waals surface area (Å²) < 4.78 is 60.3. The van der Waals surface area contributed by atoms with Gasteiger partial charge in [-0.3, -0.25) is 4.79 Å². The third-order valence-corrected chi connectivity index (χ3v) is 8.37. The lowest BCUT2D eigenvalue weighted by atomic mass is 9.99. The van der Waals surface area contributed by atoms with Crippen molar-refractivity contribution in [2.45, 2.75) is 100 Å². The van der Waals surface area contributed by atoms with E-state index in [0.717, 1.165) is 43.9 Å². The maximum atomic E-state index is 12.8. The summed E-state index contributed by atoms with van der Waals surface area (Å²) in [5.74, 6) is -1.78. The normalized spacial score (nSPS) is 16.9. The van der Waals surface area contributed by atoms with Crippen LogP contribution in [-0.4, -0.2) is 59.7 Å². The van der Waals surface area contributed by atoms with Crippen LogP contribution in [0.25, 0.3) is 0 Å². The summed E-state index contributed by atoms with van der Waals surface area (Å²) in [7, 11) is -5.71. The molecule has 0 aliphatic heterocycles. The minimum Gasteiger partial charge on any atom is -0.743 e. The van der Waals surface area contributed by atoms with E-state index in [1.165, 1.54) is 38.5 Å². The van der Waals surface area contributed by atoms with Crippen LogP contribution >= 0.6 is 15.9 Å². The van der Waals surface area contributed by atoms with Gasteiger partial charge in [0.2, 0.25) is 0 Å². The van der Waals surface area contributed by atoms with E-state index in [1.807, 2.05) is 0 Å². The molecule has 33 heavy (non-hydrogen) atoms. The zero-order valence-electron chi connectivity index (χ0n) is 19.8. The summed E-state index contributed by atoms with van der Waals surface area (Å²) in [5.41, 5.74) is 0. The Hall–Kier alpha value is -0.260. The molecule has 0 aromatic heterocycles. The molecule has 0 N–H and O–H groups in total. The standard InChI is InChI=1S/C14H25BrF2O5S.C8H15OS/c15-11-9-7-5-3-1-2-4-6-8-10-12-22-13(18)14(16,17)23(19,20)21;1-10(2)8-6-4-3-5-7(8)9/h1-12H2,(H,19,20,21);8H,3-6H2,1-2H3/q;+1/p-1. The highest BCUT2D eigenvalue weighted by molar-refractivity contribution is 9.09. The van der Waals surface area contributed by atoms with Gasteiger partial charge in [0.05, 0.1) is 19.1 Å². The fourth-order valence-corrected chi connectivity index (χ4v) is 5.35. The van der Waals surface area contributed by atoms with Gasteiger partial charge in [0.1, 0.15) is 0 Å². The molecule has 1 rings (SSSR count). The minimum atomic E-state index is -6.03. The Labute approximate surface area is 209 Å². The predicted molar refractivity (Wildman–Crippen MR) is 132 cm³/mol. The Morgan fingerprint density at radius 2 is 1.52 bits per heavy atom. The van der Waals surface area contributed by atoms with Crippen LogP contribution in [0.15, 0.2) is 0 Å². The number of carbonyl (C=O) groups is 2. The van der Waals surface area contributed by atoms with E-state index < -0.39 is 21.3 Å². The number of halogens is 3. The third-order valence-electron chi connectivity index (χ3n) is 5.38. The van der Waals surface area contributed by atoms with E-state index in [0.29, 0.717) is 34.8 Å². The average molecular weight is 582 g/mol. The van der Waals surface area contributed by atoms with Crippen LogP contribution < -0.4 is 0 Å². The van der Waals surface area contributed by atoms with Crippen molar-refractivity contribution in [3.05, 3.63) is 0 Å². The number of Topliss-reactive ketones (excluding diaryl/α,β-unsaturated/α-hetero) is 1. The molecular formula is C22H39BrF2O6S2. The maximum absolute atomic E-state index is 12.8. The van der Waals surface area contributed by atoms with Crippen molar-refractivity contribution in [1.29, 1.82) is 0 Å². The van der Waals surface area contributed by atoms with Crippen molar-refractivity contribution in [2.24, 2.45) is 0 Å². The number of unbranched alkanes of at least 4 members (excludes halogenated alkanes) is 9. The highest BCUT2D eigenvalue weighted by Gasteiger charge is 2.48. The van der Waals surface area contributed by atoms with Crippen LogP contribution in [0.3, 0.4) is 0 Å². The lowest BCUT2D eigenvalue weighted by Crippen LogP contribution is -2.39. The van der Waals surface area contributed by atoms with Crippen LogP contribution in [0, 0.1) is 0 Å². The molecule has 11 heteroatoms. The summed E-state index contributed by atoms with van der Waals surface area (Å²) in [4.78, 5) is 22.1. The molecule has 0 amide bonds. The van der Waals surface area contributed by atoms with Crippen molar-refractivity contribution in [2.75, 3.05) is 24.4 Å². The SMILES string of the molecule is C[S+](C)C1CCCCC1=O.O=C(OCCCCCCCCCCCCBr)C(F)(F)S(=O)(=O)[O-]. The topological polar surface area (TPSA) is 101 Å². The zero-order valence-corrected chi connectivity index (χ0v) is 23.0. The Kier molecular flexibility index (Phi) is 17.9. The molecule has 0 bridgehead atoms. The van der Waals surface area contributed by atoms with Gasteiger partial charge in [0.15, 0.2) is 21.2 Å². The molecule has 0 saturated heterocycles. The van der Waals surface area contributed by atoms with Crippen molar-refractivity contribution < 1.29 is 36.1 Å². The van der Waals surface area contributed by atoms with Gasteiger partial charge in [-0.25, -0.2) is 13.2 Å². The average Bonchev–Trinajstić information content (AvgIpc) is 2.74. The number of carbonyl (C=O) groups excluding carboxylic acids is 2. The lowest BCUT2D eigenvalue weighted by molar-refractivity contribution is -0.161. The number of alkyl halides is 3. The van der Waals surface area contributed by atoms with Gasteiger partial charge in [-0.2, -0.15) is 8.78 Å². The molecule has 0 radical (unpaired) electrons. The second-order valence-electron chi connectivity index (χ2n) is 8.41. The molecule has 0 spiro atoms. The molecule has 1 saturated carbocycles. The van der Waals surface area contributed by atoms with Gasteiger partial charge in [-0.15, -0.1) is 0 Å². The summed E-state index contributed by atoms with van der Waals surface area (Å²) in [5, 5.41) is -3.56. The van der Waals surface area contributed by atoms with Crippen molar-refractivity contribution >= 4 is 48.7 Å². The maximum Gasteiger partial charge on any atom is 0.428 e. The monoisotopic (exact) mass is 580 g/mol. The number of ketones is 1. The van der Waals surface area contributed by atoms with E-state index in [1.54, 1.807) is 0 Å². The molecule has 0 aromatic carbocycles. The van der Waals surface area contributed by atoms with Gasteiger partial charge in [-0.05, 0) is 36.6 Å².